The van der Waals surface area contributed by atoms with Crippen LogP contribution in [-0.2, 0) is 32.6 Å². The number of rotatable bonds is 14. The molecule has 0 spiro atoms. The summed E-state index contributed by atoms with van der Waals surface area (Å²) in [5, 5.41) is 3.31. The fourth-order valence-electron chi connectivity index (χ4n) is 4.94. The predicted octanol–water partition coefficient (Wildman–Crippen LogP) is 6.12. The fraction of sp³-hybridized carbons (Fsp3) is 0.235. The van der Waals surface area contributed by atoms with E-state index >= 15 is 0 Å². The third-order valence-corrected chi connectivity index (χ3v) is 9.83. The van der Waals surface area contributed by atoms with Crippen molar-refractivity contribution in [3.63, 3.8) is 0 Å². The first-order chi connectivity index (χ1) is 22.5. The lowest BCUT2D eigenvalue weighted by Gasteiger charge is -2.34. The second-order valence-electron chi connectivity index (χ2n) is 10.3. The highest BCUT2D eigenvalue weighted by Gasteiger charge is 2.35. The highest BCUT2D eigenvalue weighted by Crippen LogP contribution is 2.33. The fourth-order valence-corrected chi connectivity index (χ4v) is 6.89. The van der Waals surface area contributed by atoms with E-state index in [1.165, 1.54) is 49.5 Å². The maximum absolute atomic E-state index is 14.5. The van der Waals surface area contributed by atoms with Gasteiger partial charge in [-0.25, -0.2) is 12.8 Å². The zero-order valence-corrected chi connectivity index (χ0v) is 28.3. The van der Waals surface area contributed by atoms with Gasteiger partial charge >= 0.3 is 0 Å². The SMILES string of the molecule is CCNC(=O)C(Cc1ccccc1)N(Cc1c(Cl)cccc1Cl)C(=O)CN(c1ccc(F)cc1)S(=O)(=O)c1ccc(OC)c(OC)c1. The third kappa shape index (κ3) is 8.54. The number of anilines is 1. The average molecular weight is 703 g/mol. The molecule has 0 aliphatic carbocycles. The third-order valence-electron chi connectivity index (χ3n) is 7.35. The summed E-state index contributed by atoms with van der Waals surface area (Å²) in [4.78, 5) is 29.2. The smallest absolute Gasteiger partial charge is 0.264 e. The van der Waals surface area contributed by atoms with Gasteiger partial charge in [-0.2, -0.15) is 0 Å². The zero-order valence-electron chi connectivity index (χ0n) is 26.0. The Hall–Kier alpha value is -4.32. The lowest BCUT2D eigenvalue weighted by Crippen LogP contribution is -2.53. The van der Waals surface area contributed by atoms with Crippen molar-refractivity contribution in [2.45, 2.75) is 30.8 Å². The molecule has 13 heteroatoms. The van der Waals surface area contributed by atoms with Crippen molar-refractivity contribution in [1.82, 2.24) is 10.2 Å². The van der Waals surface area contributed by atoms with Crippen LogP contribution in [0.5, 0.6) is 11.5 Å². The first kappa shape index (κ1) is 35.5. The van der Waals surface area contributed by atoms with E-state index in [0.717, 1.165) is 22.0 Å². The molecule has 0 heterocycles. The summed E-state index contributed by atoms with van der Waals surface area (Å²) in [6.45, 7) is 1.07. The lowest BCUT2D eigenvalue weighted by molar-refractivity contribution is -0.140. The Morgan fingerprint density at radius 3 is 2.11 bits per heavy atom. The van der Waals surface area contributed by atoms with E-state index in [4.69, 9.17) is 32.7 Å². The Kier molecular flexibility index (Phi) is 12.1. The Bertz CT molecular complexity index is 1790. The van der Waals surface area contributed by atoms with Crippen LogP contribution in [0, 0.1) is 5.82 Å². The molecule has 1 unspecified atom stereocenters. The minimum Gasteiger partial charge on any atom is -0.493 e. The summed E-state index contributed by atoms with van der Waals surface area (Å²) in [6, 6.07) is 21.6. The molecule has 0 radical (unpaired) electrons. The van der Waals surface area contributed by atoms with Crippen LogP contribution in [0.15, 0.2) is 95.9 Å². The molecule has 248 valence electrons. The van der Waals surface area contributed by atoms with Gasteiger partial charge in [0.05, 0.1) is 24.8 Å². The number of nitrogens with zero attached hydrogens (tertiary/aromatic N) is 2. The van der Waals surface area contributed by atoms with Gasteiger partial charge in [0.2, 0.25) is 11.8 Å². The van der Waals surface area contributed by atoms with Gasteiger partial charge in [0.15, 0.2) is 11.5 Å². The quantitative estimate of drug-likeness (QED) is 0.170. The highest BCUT2D eigenvalue weighted by molar-refractivity contribution is 7.92. The van der Waals surface area contributed by atoms with Gasteiger partial charge < -0.3 is 19.7 Å². The van der Waals surface area contributed by atoms with Gasteiger partial charge in [-0.05, 0) is 61.0 Å². The van der Waals surface area contributed by atoms with E-state index in [2.05, 4.69) is 5.32 Å². The molecule has 4 aromatic carbocycles. The molecule has 0 aromatic heterocycles. The molecule has 9 nitrogen and oxygen atoms in total. The molecule has 0 fully saturated rings. The first-order valence-corrected chi connectivity index (χ1v) is 16.7. The van der Waals surface area contributed by atoms with E-state index in [9.17, 15) is 22.4 Å². The number of hydrogen-bond donors (Lipinski definition) is 1. The highest BCUT2D eigenvalue weighted by atomic mass is 35.5. The molecule has 0 aliphatic rings. The van der Waals surface area contributed by atoms with Crippen LogP contribution in [0.2, 0.25) is 10.0 Å². The van der Waals surface area contributed by atoms with Gasteiger partial charge in [0.25, 0.3) is 10.0 Å². The maximum atomic E-state index is 14.5. The van der Waals surface area contributed by atoms with Gasteiger partial charge in [-0.3, -0.25) is 13.9 Å². The number of nitrogens with one attached hydrogen (secondary N) is 1. The molecule has 0 saturated heterocycles. The number of hydrogen-bond acceptors (Lipinski definition) is 6. The molecule has 47 heavy (non-hydrogen) atoms. The first-order valence-electron chi connectivity index (χ1n) is 14.5. The zero-order chi connectivity index (χ0) is 34.1. The Morgan fingerprint density at radius 2 is 1.51 bits per heavy atom. The minimum absolute atomic E-state index is 0.0166. The monoisotopic (exact) mass is 701 g/mol. The van der Waals surface area contributed by atoms with Crippen molar-refractivity contribution in [2.75, 3.05) is 31.6 Å². The summed E-state index contributed by atoms with van der Waals surface area (Å²) < 4.78 is 53.9. The van der Waals surface area contributed by atoms with Crippen LogP contribution in [0.25, 0.3) is 0 Å². The van der Waals surface area contributed by atoms with Crippen LogP contribution >= 0.6 is 23.2 Å². The number of benzene rings is 4. The molecule has 2 amide bonds. The predicted molar refractivity (Wildman–Crippen MR) is 180 cm³/mol. The van der Waals surface area contributed by atoms with Crippen molar-refractivity contribution >= 4 is 50.7 Å². The number of carbonyl (C=O) groups excluding carboxylic acids is 2. The molecule has 1 N–H and O–H groups in total. The topological polar surface area (TPSA) is 105 Å². The van der Waals surface area contributed by atoms with Gasteiger partial charge in [-0.1, -0.05) is 59.6 Å². The summed E-state index contributed by atoms with van der Waals surface area (Å²) in [5.41, 5.74) is 1.16. The van der Waals surface area contributed by atoms with E-state index in [0.29, 0.717) is 11.3 Å². The Labute approximate surface area is 283 Å². The van der Waals surface area contributed by atoms with Gasteiger partial charge in [0.1, 0.15) is 18.4 Å². The second-order valence-corrected chi connectivity index (χ2v) is 13.0. The summed E-state index contributed by atoms with van der Waals surface area (Å²) >= 11 is 13.0. The lowest BCUT2D eigenvalue weighted by atomic mass is 10.0. The number of halogens is 3. The summed E-state index contributed by atoms with van der Waals surface area (Å²) in [6.07, 6.45) is 0.111. The van der Waals surface area contributed by atoms with Crippen LogP contribution in [0.1, 0.15) is 18.1 Å². The van der Waals surface area contributed by atoms with Crippen LogP contribution < -0.4 is 19.1 Å². The normalized spacial score (nSPS) is 11.8. The Morgan fingerprint density at radius 1 is 0.872 bits per heavy atom. The number of sulfonamides is 1. The second kappa shape index (κ2) is 16.0. The van der Waals surface area contributed by atoms with Gasteiger partial charge in [0, 0.05) is 41.2 Å². The number of methoxy groups -OCH3 is 2. The number of carbonyl (C=O) groups is 2. The van der Waals surface area contributed by atoms with E-state index < -0.39 is 40.2 Å². The maximum Gasteiger partial charge on any atom is 0.264 e. The van der Waals surface area contributed by atoms with E-state index in [1.54, 1.807) is 25.1 Å². The number of amides is 2. The van der Waals surface area contributed by atoms with Crippen molar-refractivity contribution in [3.8, 4) is 11.5 Å². The molecular weight excluding hydrogens is 668 g/mol. The molecule has 4 rings (SSSR count). The van der Waals surface area contributed by atoms with Crippen molar-refractivity contribution < 1.29 is 31.9 Å². The number of ether oxygens (including phenoxy) is 2. The molecule has 0 bridgehead atoms. The van der Waals surface area contributed by atoms with Crippen LogP contribution in [-0.4, -0.2) is 58.5 Å². The largest absolute Gasteiger partial charge is 0.493 e. The molecule has 1 atom stereocenters. The van der Waals surface area contributed by atoms with Crippen molar-refractivity contribution in [3.05, 3.63) is 118 Å². The van der Waals surface area contributed by atoms with E-state index in [1.807, 2.05) is 30.3 Å². The molecule has 4 aromatic rings. The average Bonchev–Trinajstić information content (AvgIpc) is 3.06. The number of likely N-dealkylation sites (N-methyl/N-ethyl adjacent to an activating group) is 1. The van der Waals surface area contributed by atoms with Crippen LogP contribution in [0.4, 0.5) is 10.1 Å². The molecule has 0 aliphatic heterocycles. The summed E-state index contributed by atoms with van der Waals surface area (Å²) in [5.74, 6) is -1.35. The minimum atomic E-state index is -4.48. The standard InChI is InChI=1S/C34H34Cl2FN3O6S/c1-4-38-34(42)30(19-23-9-6-5-7-10-23)39(21-27-28(35)11-8-12-29(27)36)33(41)22-40(25-15-13-24(37)14-16-25)47(43,44)26-17-18-31(45-2)32(20-26)46-3/h5-18,20,30H,4,19,21-22H2,1-3H3,(H,38,42). The van der Waals surface area contributed by atoms with Gasteiger partial charge in [-0.15, -0.1) is 0 Å². The van der Waals surface area contributed by atoms with E-state index in [-0.39, 0.29) is 45.9 Å². The van der Waals surface area contributed by atoms with Crippen molar-refractivity contribution in [1.29, 1.82) is 0 Å². The summed E-state index contributed by atoms with van der Waals surface area (Å²) in [7, 11) is -1.71. The molecular formula is C34H34Cl2FN3O6S. The van der Waals surface area contributed by atoms with Crippen molar-refractivity contribution in [2.24, 2.45) is 0 Å². The Balaban J connectivity index is 1.85. The molecule has 0 saturated carbocycles. The van der Waals surface area contributed by atoms with Crippen LogP contribution in [0.3, 0.4) is 0 Å².